The van der Waals surface area contributed by atoms with Gasteiger partial charge in [0.2, 0.25) is 0 Å². The Morgan fingerprint density at radius 1 is 1.30 bits per heavy atom. The van der Waals surface area contributed by atoms with Gasteiger partial charge in [0.05, 0.1) is 11.4 Å². The zero-order chi connectivity index (χ0) is 13.9. The number of hydrogen-bond donors (Lipinski definition) is 1. The van der Waals surface area contributed by atoms with Crippen molar-refractivity contribution >= 4 is 22.1 Å². The molecular weight excluding hydrogens is 246 g/mol. The van der Waals surface area contributed by atoms with E-state index < -0.39 is 0 Å². The minimum atomic E-state index is 0.648. The number of fused-ring (bicyclic) bond motifs is 1. The number of aromatic nitrogens is 1. The molecule has 1 saturated heterocycles. The SMILES string of the molecule is CCCC1CCCCN1c1ccc2cnccc2c1N. The lowest BCUT2D eigenvalue weighted by atomic mass is 9.96. The van der Waals surface area contributed by atoms with Gasteiger partial charge in [-0.05, 0) is 37.8 Å². The van der Waals surface area contributed by atoms with E-state index in [0.717, 1.165) is 23.0 Å². The Labute approximate surface area is 120 Å². The molecule has 1 unspecified atom stereocenters. The lowest BCUT2D eigenvalue weighted by Crippen LogP contribution is -2.39. The predicted octanol–water partition coefficient (Wildman–Crippen LogP) is 3.98. The molecule has 0 aliphatic carbocycles. The standard InChI is InChI=1S/C17H23N3/c1-2-5-14-6-3-4-11-20(14)16-8-7-13-12-19-10-9-15(13)17(16)18/h7-10,12,14H,2-6,11,18H2,1H3. The number of rotatable bonds is 3. The molecule has 1 aliphatic heterocycles. The topological polar surface area (TPSA) is 42.2 Å². The average Bonchev–Trinajstić information content (AvgIpc) is 2.49. The number of benzene rings is 1. The fraction of sp³-hybridized carbons (Fsp3) is 0.471. The molecule has 106 valence electrons. The molecular formula is C17H23N3. The van der Waals surface area contributed by atoms with Gasteiger partial charge in [0, 0.05) is 35.8 Å². The Hall–Kier alpha value is -1.77. The monoisotopic (exact) mass is 269 g/mol. The van der Waals surface area contributed by atoms with Crippen LogP contribution in [0.4, 0.5) is 11.4 Å². The molecule has 0 radical (unpaired) electrons. The van der Waals surface area contributed by atoms with Crippen molar-refractivity contribution in [1.29, 1.82) is 0 Å². The molecule has 1 atom stereocenters. The van der Waals surface area contributed by atoms with E-state index in [4.69, 9.17) is 5.73 Å². The molecule has 3 heteroatoms. The first-order valence-electron chi connectivity index (χ1n) is 7.70. The van der Waals surface area contributed by atoms with Crippen molar-refractivity contribution in [3.63, 3.8) is 0 Å². The van der Waals surface area contributed by atoms with Crippen LogP contribution in [-0.4, -0.2) is 17.6 Å². The quantitative estimate of drug-likeness (QED) is 0.857. The molecule has 20 heavy (non-hydrogen) atoms. The fourth-order valence-corrected chi connectivity index (χ4v) is 3.38. The van der Waals surface area contributed by atoms with Gasteiger partial charge in [-0.15, -0.1) is 0 Å². The van der Waals surface area contributed by atoms with Crippen molar-refractivity contribution in [2.45, 2.75) is 45.1 Å². The lowest BCUT2D eigenvalue weighted by Gasteiger charge is -2.38. The van der Waals surface area contributed by atoms with E-state index in [1.54, 1.807) is 0 Å². The smallest absolute Gasteiger partial charge is 0.0632 e. The minimum absolute atomic E-state index is 0.648. The third kappa shape index (κ3) is 2.33. The van der Waals surface area contributed by atoms with Gasteiger partial charge in [0.1, 0.15) is 0 Å². The molecule has 1 fully saturated rings. The highest BCUT2D eigenvalue weighted by atomic mass is 15.2. The van der Waals surface area contributed by atoms with Crippen LogP contribution in [0.15, 0.2) is 30.6 Å². The second kappa shape index (κ2) is 5.70. The summed E-state index contributed by atoms with van der Waals surface area (Å²) in [5.74, 6) is 0. The summed E-state index contributed by atoms with van der Waals surface area (Å²) in [7, 11) is 0. The van der Waals surface area contributed by atoms with Crippen molar-refractivity contribution in [2.75, 3.05) is 17.2 Å². The Bertz CT molecular complexity index is 592. The normalized spacial score (nSPS) is 19.4. The van der Waals surface area contributed by atoms with Crippen LogP contribution in [0.2, 0.25) is 0 Å². The van der Waals surface area contributed by atoms with Crippen molar-refractivity contribution in [3.05, 3.63) is 30.6 Å². The van der Waals surface area contributed by atoms with Gasteiger partial charge in [0.25, 0.3) is 0 Å². The summed E-state index contributed by atoms with van der Waals surface area (Å²) >= 11 is 0. The summed E-state index contributed by atoms with van der Waals surface area (Å²) in [6.07, 6.45) is 10.1. The number of nitrogen functional groups attached to an aromatic ring is 1. The van der Waals surface area contributed by atoms with Crippen LogP contribution < -0.4 is 10.6 Å². The van der Waals surface area contributed by atoms with Crippen molar-refractivity contribution in [2.24, 2.45) is 0 Å². The highest BCUT2D eigenvalue weighted by molar-refractivity contribution is 5.98. The molecule has 1 aliphatic rings. The van der Waals surface area contributed by atoms with E-state index in [9.17, 15) is 0 Å². The van der Waals surface area contributed by atoms with Gasteiger partial charge in [-0.2, -0.15) is 0 Å². The van der Waals surface area contributed by atoms with Crippen molar-refractivity contribution in [1.82, 2.24) is 4.98 Å². The Morgan fingerprint density at radius 3 is 3.05 bits per heavy atom. The molecule has 1 aromatic carbocycles. The number of piperidine rings is 1. The summed E-state index contributed by atoms with van der Waals surface area (Å²) in [4.78, 5) is 6.70. The highest BCUT2D eigenvalue weighted by Gasteiger charge is 2.23. The largest absolute Gasteiger partial charge is 0.397 e. The molecule has 0 amide bonds. The first kappa shape index (κ1) is 13.2. The van der Waals surface area contributed by atoms with Gasteiger partial charge in [-0.25, -0.2) is 0 Å². The van der Waals surface area contributed by atoms with E-state index in [-0.39, 0.29) is 0 Å². The van der Waals surface area contributed by atoms with Gasteiger partial charge >= 0.3 is 0 Å². The second-order valence-electron chi connectivity index (χ2n) is 5.73. The Kier molecular flexibility index (Phi) is 3.77. The average molecular weight is 269 g/mol. The van der Waals surface area contributed by atoms with E-state index in [1.165, 1.54) is 37.8 Å². The van der Waals surface area contributed by atoms with Crippen LogP contribution in [0.1, 0.15) is 39.0 Å². The highest BCUT2D eigenvalue weighted by Crippen LogP contribution is 2.35. The van der Waals surface area contributed by atoms with Crippen LogP contribution in [0.5, 0.6) is 0 Å². The number of hydrogen-bond acceptors (Lipinski definition) is 3. The molecule has 3 rings (SSSR count). The van der Waals surface area contributed by atoms with Gasteiger partial charge in [0.15, 0.2) is 0 Å². The zero-order valence-electron chi connectivity index (χ0n) is 12.2. The van der Waals surface area contributed by atoms with Crippen LogP contribution in [0.3, 0.4) is 0 Å². The van der Waals surface area contributed by atoms with Crippen LogP contribution in [0, 0.1) is 0 Å². The number of pyridine rings is 1. The second-order valence-corrected chi connectivity index (χ2v) is 5.73. The Balaban J connectivity index is 2.01. The molecule has 2 N–H and O–H groups in total. The fourth-order valence-electron chi connectivity index (χ4n) is 3.38. The predicted molar refractivity (Wildman–Crippen MR) is 86.0 cm³/mol. The summed E-state index contributed by atoms with van der Waals surface area (Å²) in [5, 5.41) is 2.25. The molecule has 1 aromatic heterocycles. The number of nitrogens with two attached hydrogens (primary N) is 1. The maximum Gasteiger partial charge on any atom is 0.0632 e. The lowest BCUT2D eigenvalue weighted by molar-refractivity contribution is 0.435. The van der Waals surface area contributed by atoms with E-state index >= 15 is 0 Å². The van der Waals surface area contributed by atoms with Gasteiger partial charge in [-0.1, -0.05) is 19.4 Å². The van der Waals surface area contributed by atoms with E-state index in [1.807, 2.05) is 18.5 Å². The molecule has 2 aromatic rings. The molecule has 0 spiro atoms. The maximum absolute atomic E-state index is 6.44. The van der Waals surface area contributed by atoms with E-state index in [0.29, 0.717) is 6.04 Å². The van der Waals surface area contributed by atoms with Gasteiger partial charge in [-0.3, -0.25) is 4.98 Å². The van der Waals surface area contributed by atoms with E-state index in [2.05, 4.69) is 28.9 Å². The molecule has 3 nitrogen and oxygen atoms in total. The summed E-state index contributed by atoms with van der Waals surface area (Å²) in [6, 6.07) is 6.99. The summed E-state index contributed by atoms with van der Waals surface area (Å²) < 4.78 is 0. The minimum Gasteiger partial charge on any atom is -0.397 e. The third-order valence-corrected chi connectivity index (χ3v) is 4.40. The maximum atomic E-state index is 6.44. The molecule has 0 saturated carbocycles. The van der Waals surface area contributed by atoms with Crippen molar-refractivity contribution in [3.8, 4) is 0 Å². The van der Waals surface area contributed by atoms with Crippen LogP contribution in [0.25, 0.3) is 10.8 Å². The summed E-state index contributed by atoms with van der Waals surface area (Å²) in [5.41, 5.74) is 8.56. The van der Waals surface area contributed by atoms with Crippen molar-refractivity contribution < 1.29 is 0 Å². The van der Waals surface area contributed by atoms with Gasteiger partial charge < -0.3 is 10.6 Å². The third-order valence-electron chi connectivity index (χ3n) is 4.40. The molecule has 0 bridgehead atoms. The van der Waals surface area contributed by atoms with Crippen LogP contribution in [-0.2, 0) is 0 Å². The molecule has 2 heterocycles. The zero-order valence-corrected chi connectivity index (χ0v) is 12.2. The number of nitrogens with zero attached hydrogens (tertiary/aromatic N) is 2. The first-order chi connectivity index (χ1) is 9.81. The summed E-state index contributed by atoms with van der Waals surface area (Å²) in [6.45, 7) is 3.40. The van der Waals surface area contributed by atoms with Crippen LogP contribution >= 0.6 is 0 Å². The first-order valence-corrected chi connectivity index (χ1v) is 7.70. The Morgan fingerprint density at radius 2 is 2.20 bits per heavy atom. The number of anilines is 2.